The maximum absolute atomic E-state index is 14.3. The molecule has 3 atom stereocenters. The van der Waals surface area contributed by atoms with E-state index in [-0.39, 0.29) is 24.6 Å². The summed E-state index contributed by atoms with van der Waals surface area (Å²) in [6.07, 6.45) is 5.94. The molecule has 2 aromatic carbocycles. The largest absolute Gasteiger partial charge is 0.497 e. The van der Waals surface area contributed by atoms with Gasteiger partial charge < -0.3 is 34.7 Å². The minimum Gasteiger partial charge on any atom is -0.497 e. The number of methoxy groups -OCH3 is 2. The van der Waals surface area contributed by atoms with Gasteiger partial charge in [-0.05, 0) is 37.8 Å². The highest BCUT2D eigenvalue weighted by Gasteiger charge is 2.42. The van der Waals surface area contributed by atoms with E-state index in [1.165, 1.54) is 0 Å². The molecule has 1 aromatic heterocycles. The number of aryl methyl sites for hydroxylation is 1. The van der Waals surface area contributed by atoms with Gasteiger partial charge in [0.25, 0.3) is 5.91 Å². The smallest absolute Gasteiger partial charge is 0.275 e. The highest BCUT2D eigenvalue weighted by molar-refractivity contribution is 5.98. The summed E-state index contributed by atoms with van der Waals surface area (Å²) in [7, 11) is 3.29. The molecule has 1 aliphatic heterocycles. The third-order valence-electron chi connectivity index (χ3n) is 8.58. The van der Waals surface area contributed by atoms with Gasteiger partial charge in [-0.25, -0.2) is 4.98 Å². The number of carbonyl (C=O) groups excluding carboxylic acids is 1. The molecule has 1 saturated carbocycles. The van der Waals surface area contributed by atoms with Crippen molar-refractivity contribution in [2.24, 2.45) is 0 Å². The van der Waals surface area contributed by atoms with Gasteiger partial charge in [-0.1, -0.05) is 49.2 Å². The lowest BCUT2D eigenvalue weighted by atomic mass is 9.80. The Morgan fingerprint density at radius 3 is 2.80 bits per heavy atom. The van der Waals surface area contributed by atoms with Gasteiger partial charge in [0.05, 0.1) is 31.8 Å². The van der Waals surface area contributed by atoms with E-state index in [4.69, 9.17) is 14.5 Å². The molecule has 1 amide bonds. The first kappa shape index (κ1) is 29.1. The summed E-state index contributed by atoms with van der Waals surface area (Å²) < 4.78 is 12.9. The van der Waals surface area contributed by atoms with Crippen LogP contribution in [0.1, 0.15) is 54.2 Å². The van der Waals surface area contributed by atoms with Crippen molar-refractivity contribution in [1.29, 1.82) is 0 Å². The Balaban J connectivity index is 1.41. The van der Waals surface area contributed by atoms with E-state index in [9.17, 15) is 9.90 Å². The number of aromatic nitrogens is 2. The summed E-state index contributed by atoms with van der Waals surface area (Å²) in [5.74, 6) is 0.742. The average Bonchev–Trinajstić information content (AvgIpc) is 3.43. The zero-order valence-corrected chi connectivity index (χ0v) is 24.4. The van der Waals surface area contributed by atoms with Crippen LogP contribution in [-0.2, 0) is 4.74 Å². The number of ether oxygens (including phenoxy) is 2. The Kier molecular flexibility index (Phi) is 9.27. The zero-order valence-electron chi connectivity index (χ0n) is 24.4. The molecule has 1 saturated heterocycles. The van der Waals surface area contributed by atoms with Crippen LogP contribution in [0.2, 0.25) is 0 Å². The minimum atomic E-state index is -1.01. The fourth-order valence-corrected chi connectivity index (χ4v) is 6.37. The van der Waals surface area contributed by atoms with E-state index in [0.29, 0.717) is 18.7 Å². The number of benzene rings is 2. The molecule has 2 aliphatic rings. The number of anilines is 1. The van der Waals surface area contributed by atoms with Crippen LogP contribution in [0, 0.1) is 6.92 Å². The predicted octanol–water partition coefficient (Wildman–Crippen LogP) is 4.28. The van der Waals surface area contributed by atoms with Crippen molar-refractivity contribution in [2.45, 2.75) is 56.7 Å². The Labute approximate surface area is 242 Å². The molecule has 0 bridgehead atoms. The molecule has 2 fully saturated rings. The van der Waals surface area contributed by atoms with E-state index >= 15 is 0 Å². The lowest BCUT2D eigenvalue weighted by Crippen LogP contribution is -2.54. The number of amides is 1. The summed E-state index contributed by atoms with van der Waals surface area (Å²) >= 11 is 0. The number of nitrogens with one attached hydrogen (secondary N) is 2. The molecule has 9 heteroatoms. The molecule has 220 valence electrons. The summed E-state index contributed by atoms with van der Waals surface area (Å²) in [4.78, 5) is 21.0. The number of rotatable bonds is 10. The van der Waals surface area contributed by atoms with Gasteiger partial charge in [0.15, 0.2) is 5.69 Å². The maximum atomic E-state index is 14.3. The van der Waals surface area contributed by atoms with Crippen molar-refractivity contribution < 1.29 is 19.4 Å². The van der Waals surface area contributed by atoms with Crippen molar-refractivity contribution in [2.75, 3.05) is 52.3 Å². The van der Waals surface area contributed by atoms with Crippen LogP contribution in [0.25, 0.3) is 11.3 Å². The molecule has 1 aliphatic carbocycles. The van der Waals surface area contributed by atoms with E-state index in [0.717, 1.165) is 73.6 Å². The molecule has 1 unspecified atom stereocenters. The maximum Gasteiger partial charge on any atom is 0.275 e. The number of hydrogen-bond acceptors (Lipinski definition) is 7. The Bertz CT molecular complexity index is 1310. The fourth-order valence-electron chi connectivity index (χ4n) is 6.37. The number of imidazole rings is 1. The first-order valence-electron chi connectivity index (χ1n) is 14.7. The van der Waals surface area contributed by atoms with Crippen LogP contribution in [0.15, 0.2) is 54.9 Å². The molecular formula is C32H43N5O4. The van der Waals surface area contributed by atoms with Crippen LogP contribution in [0.5, 0.6) is 5.75 Å². The average molecular weight is 562 g/mol. The van der Waals surface area contributed by atoms with Crippen LogP contribution in [0.3, 0.4) is 0 Å². The molecule has 5 rings (SSSR count). The summed E-state index contributed by atoms with van der Waals surface area (Å²) in [5.41, 5.74) is 3.28. The molecule has 9 nitrogen and oxygen atoms in total. The Morgan fingerprint density at radius 1 is 1.20 bits per heavy atom. The van der Waals surface area contributed by atoms with Gasteiger partial charge >= 0.3 is 0 Å². The summed E-state index contributed by atoms with van der Waals surface area (Å²) in [5, 5.41) is 18.6. The molecule has 2 heterocycles. The summed E-state index contributed by atoms with van der Waals surface area (Å²) in [6, 6.07) is 15.7. The molecular weight excluding hydrogens is 518 g/mol. The molecule has 0 radical (unpaired) electrons. The molecule has 3 N–H and O–H groups in total. The number of aliphatic hydroxyl groups is 1. The number of nitrogens with zero attached hydrogens (tertiary/aromatic N) is 3. The van der Waals surface area contributed by atoms with Crippen molar-refractivity contribution in [3.8, 4) is 17.0 Å². The minimum absolute atomic E-state index is 0.0172. The quantitative estimate of drug-likeness (QED) is 0.340. The standard InChI is InChI=1S/C32H43N5O4/c1-23-12-13-26(41-3)19-27(23)34-16-14-25-20-33-17-18-36(25)31(38)29-30(24-9-5-4-6-10-24)37(22-35-29)28-11-7-8-15-32(28,39)21-40-2/h4-6,9-10,12-13,19,22,25,28,33-34,39H,7-8,11,14-18,20-21H2,1-3H3/t25-,28-,32?/m1/s1. The third kappa shape index (κ3) is 6.27. The van der Waals surface area contributed by atoms with Crippen molar-refractivity contribution >= 4 is 11.6 Å². The SMILES string of the molecule is COCC1(O)CCCC[C@H]1n1cnc(C(=O)N2CCNC[C@H]2CCNc2cc(OC)ccc2C)c1-c1ccccc1. The summed E-state index contributed by atoms with van der Waals surface area (Å²) in [6.45, 7) is 5.11. The van der Waals surface area contributed by atoms with Gasteiger partial charge in [0.2, 0.25) is 0 Å². The Morgan fingerprint density at radius 2 is 2.02 bits per heavy atom. The van der Waals surface area contributed by atoms with Crippen molar-refractivity contribution in [3.63, 3.8) is 0 Å². The van der Waals surface area contributed by atoms with Crippen molar-refractivity contribution in [3.05, 3.63) is 66.1 Å². The fraction of sp³-hybridized carbons (Fsp3) is 0.500. The van der Waals surface area contributed by atoms with Gasteiger partial charge in [-0.15, -0.1) is 0 Å². The number of carbonyl (C=O) groups is 1. The van der Waals surface area contributed by atoms with E-state index in [1.54, 1.807) is 20.5 Å². The first-order valence-corrected chi connectivity index (χ1v) is 14.7. The second-order valence-corrected chi connectivity index (χ2v) is 11.3. The van der Waals surface area contributed by atoms with Crippen LogP contribution < -0.4 is 15.4 Å². The van der Waals surface area contributed by atoms with Crippen LogP contribution in [-0.4, -0.2) is 84.1 Å². The second kappa shape index (κ2) is 13.1. The van der Waals surface area contributed by atoms with Gasteiger partial charge in [0, 0.05) is 56.6 Å². The first-order chi connectivity index (χ1) is 19.9. The second-order valence-electron chi connectivity index (χ2n) is 11.3. The number of hydrogen-bond donors (Lipinski definition) is 3. The third-order valence-corrected chi connectivity index (χ3v) is 8.58. The van der Waals surface area contributed by atoms with E-state index in [1.807, 2.05) is 58.0 Å². The van der Waals surface area contributed by atoms with E-state index in [2.05, 4.69) is 17.6 Å². The highest BCUT2D eigenvalue weighted by Crippen LogP contribution is 2.41. The molecule has 41 heavy (non-hydrogen) atoms. The monoisotopic (exact) mass is 561 g/mol. The van der Waals surface area contributed by atoms with Gasteiger partial charge in [0.1, 0.15) is 11.4 Å². The normalized spacial score (nSPS) is 22.9. The number of piperazine rings is 1. The molecule has 3 aromatic rings. The topological polar surface area (TPSA) is 101 Å². The van der Waals surface area contributed by atoms with Gasteiger partial charge in [-0.3, -0.25) is 4.79 Å². The van der Waals surface area contributed by atoms with Crippen molar-refractivity contribution in [1.82, 2.24) is 19.8 Å². The predicted molar refractivity (Wildman–Crippen MR) is 161 cm³/mol. The Hall–Kier alpha value is -3.40. The van der Waals surface area contributed by atoms with Crippen LogP contribution in [0.4, 0.5) is 5.69 Å². The van der Waals surface area contributed by atoms with Crippen LogP contribution >= 0.6 is 0 Å². The zero-order chi connectivity index (χ0) is 28.8. The van der Waals surface area contributed by atoms with E-state index < -0.39 is 5.60 Å². The lowest BCUT2D eigenvalue weighted by molar-refractivity contribution is -0.0893. The molecule has 0 spiro atoms. The van der Waals surface area contributed by atoms with Gasteiger partial charge in [-0.2, -0.15) is 0 Å². The lowest BCUT2D eigenvalue weighted by Gasteiger charge is -2.41. The highest BCUT2D eigenvalue weighted by atomic mass is 16.5.